The van der Waals surface area contributed by atoms with E-state index >= 15 is 0 Å². The second kappa shape index (κ2) is 8.06. The minimum absolute atomic E-state index is 0.0690. The van der Waals surface area contributed by atoms with Crippen molar-refractivity contribution in [3.05, 3.63) is 66.2 Å². The van der Waals surface area contributed by atoms with Crippen LogP contribution in [0, 0.1) is 0 Å². The maximum Gasteiger partial charge on any atom is 0.253 e. The van der Waals surface area contributed by atoms with Crippen LogP contribution in [0.15, 0.2) is 55.1 Å². The van der Waals surface area contributed by atoms with Crippen molar-refractivity contribution in [2.75, 3.05) is 25.2 Å². The molecule has 1 atom stereocenters. The van der Waals surface area contributed by atoms with Gasteiger partial charge in [-0.2, -0.15) is 5.10 Å². The number of carbonyl (C=O) groups is 1. The van der Waals surface area contributed by atoms with Crippen molar-refractivity contribution in [3.8, 4) is 11.5 Å². The number of nitrogens with one attached hydrogen (secondary N) is 1. The molecule has 1 amide bonds. The molecule has 3 aromatic rings. The average molecular weight is 405 g/mol. The maximum atomic E-state index is 13.0. The predicted octanol–water partition coefficient (Wildman–Crippen LogP) is 2.77. The Hall–Kier alpha value is -3.55. The molecule has 0 aliphatic carbocycles. The van der Waals surface area contributed by atoms with Gasteiger partial charge in [0.1, 0.15) is 12.7 Å². The van der Waals surface area contributed by atoms with Crippen molar-refractivity contribution in [1.82, 2.24) is 19.7 Å². The third-order valence-electron chi connectivity index (χ3n) is 5.46. The lowest BCUT2D eigenvalue weighted by Crippen LogP contribution is -2.45. The Morgan fingerprint density at radius 1 is 1.13 bits per heavy atom. The van der Waals surface area contributed by atoms with E-state index in [9.17, 15) is 4.79 Å². The van der Waals surface area contributed by atoms with E-state index in [0.717, 1.165) is 42.1 Å². The largest absolute Gasteiger partial charge is 0.454 e. The van der Waals surface area contributed by atoms with Crippen LogP contribution in [0.4, 0.5) is 5.69 Å². The molecule has 1 unspecified atom stereocenters. The zero-order valence-electron chi connectivity index (χ0n) is 16.5. The molecule has 2 aromatic carbocycles. The van der Waals surface area contributed by atoms with Crippen LogP contribution in [-0.4, -0.2) is 51.5 Å². The van der Waals surface area contributed by atoms with E-state index in [2.05, 4.69) is 15.4 Å². The summed E-state index contributed by atoms with van der Waals surface area (Å²) in [6, 6.07) is 13.8. The molecule has 2 aliphatic rings. The molecule has 8 heteroatoms. The number of likely N-dealkylation sites (tertiary alicyclic amines) is 1. The molecular weight excluding hydrogens is 382 g/mol. The Bertz CT molecular complexity index is 1020. The van der Waals surface area contributed by atoms with E-state index in [4.69, 9.17) is 9.47 Å². The summed E-state index contributed by atoms with van der Waals surface area (Å²) in [6.45, 7) is 2.36. The Kier molecular flexibility index (Phi) is 4.96. The third-order valence-corrected chi connectivity index (χ3v) is 5.46. The van der Waals surface area contributed by atoms with Crippen molar-refractivity contribution >= 4 is 11.6 Å². The zero-order chi connectivity index (χ0) is 20.3. The number of hydrogen-bond acceptors (Lipinski definition) is 6. The summed E-state index contributed by atoms with van der Waals surface area (Å²) in [6.07, 6.45) is 5.19. The minimum Gasteiger partial charge on any atom is -0.454 e. The number of anilines is 1. The number of amides is 1. The highest BCUT2D eigenvalue weighted by Gasteiger charge is 2.25. The highest BCUT2D eigenvalue weighted by Crippen LogP contribution is 2.34. The molecule has 8 nitrogen and oxygen atoms in total. The van der Waals surface area contributed by atoms with Gasteiger partial charge in [0, 0.05) is 36.4 Å². The van der Waals surface area contributed by atoms with E-state index in [-0.39, 0.29) is 18.7 Å². The van der Waals surface area contributed by atoms with E-state index in [0.29, 0.717) is 18.7 Å². The lowest BCUT2D eigenvalue weighted by Gasteiger charge is -2.34. The number of benzene rings is 2. The normalized spacial score (nSPS) is 17.7. The van der Waals surface area contributed by atoms with E-state index in [1.54, 1.807) is 11.0 Å². The maximum absolute atomic E-state index is 13.0. The first-order chi connectivity index (χ1) is 14.7. The number of carbonyl (C=O) groups excluding carboxylic acids is 1. The lowest BCUT2D eigenvalue weighted by atomic mass is 10.0. The lowest BCUT2D eigenvalue weighted by molar-refractivity contribution is 0.0715. The fraction of sp³-hybridized carbons (Fsp3) is 0.318. The summed E-state index contributed by atoms with van der Waals surface area (Å²) in [5.74, 6) is 1.60. The quantitative estimate of drug-likeness (QED) is 0.703. The molecule has 0 bridgehead atoms. The van der Waals surface area contributed by atoms with Crippen LogP contribution in [0.2, 0.25) is 0 Å². The Labute approximate surface area is 174 Å². The van der Waals surface area contributed by atoms with Crippen LogP contribution < -0.4 is 14.8 Å². The second-order valence-corrected chi connectivity index (χ2v) is 7.59. The molecule has 0 spiro atoms. The van der Waals surface area contributed by atoms with Gasteiger partial charge in [-0.05, 0) is 42.7 Å². The number of aromatic nitrogens is 3. The number of fused-ring (bicyclic) bond motifs is 1. The van der Waals surface area contributed by atoms with E-state index in [1.165, 1.54) is 6.33 Å². The Morgan fingerprint density at radius 2 is 2.00 bits per heavy atom. The van der Waals surface area contributed by atoms with Gasteiger partial charge >= 0.3 is 0 Å². The highest BCUT2D eigenvalue weighted by atomic mass is 16.7. The van der Waals surface area contributed by atoms with Crippen molar-refractivity contribution in [2.45, 2.75) is 25.4 Å². The van der Waals surface area contributed by atoms with Gasteiger partial charge in [-0.3, -0.25) is 4.79 Å². The molecule has 5 rings (SSSR count). The fourth-order valence-corrected chi connectivity index (χ4v) is 3.94. The van der Waals surface area contributed by atoms with Gasteiger partial charge in [0.2, 0.25) is 6.79 Å². The van der Waals surface area contributed by atoms with Gasteiger partial charge in [-0.25, -0.2) is 9.67 Å². The highest BCUT2D eigenvalue weighted by molar-refractivity contribution is 5.94. The molecule has 0 radical (unpaired) electrons. The smallest absolute Gasteiger partial charge is 0.253 e. The van der Waals surface area contributed by atoms with Crippen LogP contribution in [0.1, 0.15) is 28.8 Å². The van der Waals surface area contributed by atoms with Crippen molar-refractivity contribution in [2.24, 2.45) is 0 Å². The number of nitrogens with zero attached hydrogens (tertiary/aromatic N) is 4. The van der Waals surface area contributed by atoms with Crippen molar-refractivity contribution in [1.29, 1.82) is 0 Å². The second-order valence-electron chi connectivity index (χ2n) is 7.59. The fourth-order valence-electron chi connectivity index (χ4n) is 3.94. The summed E-state index contributed by atoms with van der Waals surface area (Å²) in [7, 11) is 0. The van der Waals surface area contributed by atoms with Crippen molar-refractivity contribution in [3.63, 3.8) is 0 Å². The first-order valence-corrected chi connectivity index (χ1v) is 10.1. The van der Waals surface area contributed by atoms with Crippen LogP contribution >= 0.6 is 0 Å². The monoisotopic (exact) mass is 405 g/mol. The summed E-state index contributed by atoms with van der Waals surface area (Å²) >= 11 is 0. The topological polar surface area (TPSA) is 81.5 Å². The molecule has 1 aromatic heterocycles. The number of piperidine rings is 1. The molecule has 0 saturated carbocycles. The van der Waals surface area contributed by atoms with Crippen LogP contribution in [0.25, 0.3) is 0 Å². The molecule has 1 N–H and O–H groups in total. The van der Waals surface area contributed by atoms with Gasteiger partial charge in [0.05, 0.1) is 6.54 Å². The zero-order valence-corrected chi connectivity index (χ0v) is 16.5. The Balaban J connectivity index is 1.21. The summed E-state index contributed by atoms with van der Waals surface area (Å²) in [5.41, 5.74) is 2.77. The summed E-state index contributed by atoms with van der Waals surface area (Å²) < 4.78 is 12.6. The first kappa shape index (κ1) is 18.5. The third kappa shape index (κ3) is 3.94. The van der Waals surface area contributed by atoms with Crippen LogP contribution in [0.5, 0.6) is 11.5 Å². The molecule has 3 heterocycles. The molecule has 154 valence electrons. The Morgan fingerprint density at radius 3 is 2.83 bits per heavy atom. The SMILES string of the molecule is O=C(c1ccc(Cn2cncn2)cc1)N1CCCC(Nc2ccc3c(c2)OCO3)C1. The number of hydrogen-bond donors (Lipinski definition) is 1. The standard InChI is InChI=1S/C22H23N5O3/c28-22(17-5-3-16(4-6-17)11-27-14-23-13-24-27)26-9-1-2-19(12-26)25-18-7-8-20-21(10-18)30-15-29-20/h3-8,10,13-14,19,25H,1-2,9,11-12,15H2. The van der Waals surface area contributed by atoms with Crippen LogP contribution in [-0.2, 0) is 6.54 Å². The van der Waals surface area contributed by atoms with Gasteiger partial charge in [-0.15, -0.1) is 0 Å². The molecule has 1 fully saturated rings. The van der Waals surface area contributed by atoms with Gasteiger partial charge in [0.15, 0.2) is 11.5 Å². The number of rotatable bonds is 5. The van der Waals surface area contributed by atoms with Crippen molar-refractivity contribution < 1.29 is 14.3 Å². The molecule has 2 aliphatic heterocycles. The van der Waals surface area contributed by atoms with E-state index in [1.807, 2.05) is 47.4 Å². The number of ether oxygens (including phenoxy) is 2. The van der Waals surface area contributed by atoms with Gasteiger partial charge < -0.3 is 19.7 Å². The van der Waals surface area contributed by atoms with Gasteiger partial charge in [0.25, 0.3) is 5.91 Å². The molecular formula is C22H23N5O3. The first-order valence-electron chi connectivity index (χ1n) is 10.1. The molecule has 1 saturated heterocycles. The van der Waals surface area contributed by atoms with Crippen LogP contribution in [0.3, 0.4) is 0 Å². The summed E-state index contributed by atoms with van der Waals surface area (Å²) in [5, 5.41) is 7.65. The molecule has 30 heavy (non-hydrogen) atoms. The average Bonchev–Trinajstić information content (AvgIpc) is 3.45. The minimum atomic E-state index is 0.0690. The van der Waals surface area contributed by atoms with Gasteiger partial charge in [-0.1, -0.05) is 12.1 Å². The summed E-state index contributed by atoms with van der Waals surface area (Å²) in [4.78, 5) is 18.9. The van der Waals surface area contributed by atoms with E-state index < -0.39 is 0 Å². The predicted molar refractivity (Wildman–Crippen MR) is 111 cm³/mol.